The van der Waals surface area contributed by atoms with Gasteiger partial charge >= 0.3 is 0 Å². The molecule has 0 bridgehead atoms. The van der Waals surface area contributed by atoms with E-state index in [2.05, 4.69) is 66.0 Å². The molecule has 3 heteroatoms. The first-order chi connectivity index (χ1) is 9.38. The summed E-state index contributed by atoms with van der Waals surface area (Å²) in [6.07, 6.45) is 0. The molecule has 2 aromatic heterocycles. The fourth-order valence-electron chi connectivity index (χ4n) is 2.21. The monoisotopic (exact) mass is 281 g/mol. The molecule has 2 heterocycles. The van der Waals surface area contributed by atoms with Gasteiger partial charge in [0.25, 0.3) is 0 Å². The molecule has 0 unspecified atom stereocenters. The van der Waals surface area contributed by atoms with E-state index in [4.69, 9.17) is 0 Å². The molecule has 0 amide bonds. The highest BCUT2D eigenvalue weighted by Gasteiger charge is 2.04. The van der Waals surface area contributed by atoms with Gasteiger partial charge < -0.3 is 5.32 Å². The highest BCUT2D eigenvalue weighted by Crippen LogP contribution is 2.36. The number of thiophene rings is 2. The molecule has 0 atom stereocenters. The molecule has 0 aliphatic rings. The van der Waals surface area contributed by atoms with Crippen LogP contribution in [-0.2, 0) is 0 Å². The van der Waals surface area contributed by atoms with Gasteiger partial charge in [0.2, 0.25) is 0 Å². The van der Waals surface area contributed by atoms with Gasteiger partial charge in [-0.15, -0.1) is 22.7 Å². The van der Waals surface area contributed by atoms with Gasteiger partial charge in [-0.3, -0.25) is 0 Å². The number of benzene rings is 2. The lowest BCUT2D eigenvalue weighted by atomic mass is 10.2. The van der Waals surface area contributed by atoms with E-state index in [9.17, 15) is 0 Å². The Balaban J connectivity index is 1.73. The molecule has 0 saturated carbocycles. The highest BCUT2D eigenvalue weighted by molar-refractivity contribution is 7.24. The molecule has 2 aromatic carbocycles. The zero-order valence-corrected chi connectivity index (χ0v) is 11.7. The number of hydrogen-bond donors (Lipinski definition) is 1. The van der Waals surface area contributed by atoms with Crippen molar-refractivity contribution < 1.29 is 0 Å². The molecule has 0 radical (unpaired) electrons. The van der Waals surface area contributed by atoms with Crippen LogP contribution in [0.5, 0.6) is 0 Å². The normalized spacial score (nSPS) is 11.2. The molecule has 0 aliphatic carbocycles. The standard InChI is InChI=1S/C16H11NS2/c1-3-7-13-11(5-1)9-15(18-13)17-16-10-12-6-2-4-8-14(12)19-16/h1-10,17H. The number of fused-ring (bicyclic) bond motifs is 2. The minimum absolute atomic E-state index is 1.20. The number of rotatable bonds is 2. The van der Waals surface area contributed by atoms with Crippen LogP contribution in [0.1, 0.15) is 0 Å². The predicted octanol–water partition coefficient (Wildman–Crippen LogP) is 5.86. The maximum absolute atomic E-state index is 3.52. The van der Waals surface area contributed by atoms with Gasteiger partial charge in [0.1, 0.15) is 0 Å². The number of anilines is 2. The molecule has 0 saturated heterocycles. The first-order valence-electron chi connectivity index (χ1n) is 6.13. The lowest BCUT2D eigenvalue weighted by molar-refractivity contribution is 1.76. The average Bonchev–Trinajstić information content (AvgIpc) is 3.00. The van der Waals surface area contributed by atoms with Crippen LogP contribution in [0.15, 0.2) is 60.7 Å². The number of hydrogen-bond acceptors (Lipinski definition) is 3. The lowest BCUT2D eigenvalue weighted by Gasteiger charge is -1.96. The summed E-state index contributed by atoms with van der Waals surface area (Å²) in [5, 5.41) is 8.53. The molecule has 0 fully saturated rings. The summed E-state index contributed by atoms with van der Waals surface area (Å²) in [7, 11) is 0. The van der Waals surface area contributed by atoms with Crippen molar-refractivity contribution in [3.05, 3.63) is 60.7 Å². The van der Waals surface area contributed by atoms with E-state index in [1.54, 1.807) is 22.7 Å². The molecule has 1 N–H and O–H groups in total. The Kier molecular flexibility index (Phi) is 2.53. The topological polar surface area (TPSA) is 12.0 Å². The molecule has 92 valence electrons. The highest BCUT2D eigenvalue weighted by atomic mass is 32.1. The Morgan fingerprint density at radius 2 is 1.11 bits per heavy atom. The fraction of sp³-hybridized carbons (Fsp3) is 0. The van der Waals surface area contributed by atoms with Crippen LogP contribution in [0.2, 0.25) is 0 Å². The van der Waals surface area contributed by atoms with E-state index < -0.39 is 0 Å². The first kappa shape index (κ1) is 11.0. The van der Waals surface area contributed by atoms with Crippen molar-refractivity contribution in [1.82, 2.24) is 0 Å². The van der Waals surface area contributed by atoms with E-state index in [-0.39, 0.29) is 0 Å². The van der Waals surface area contributed by atoms with Gasteiger partial charge in [-0.05, 0) is 35.0 Å². The van der Waals surface area contributed by atoms with E-state index in [0.29, 0.717) is 0 Å². The van der Waals surface area contributed by atoms with E-state index >= 15 is 0 Å². The smallest absolute Gasteiger partial charge is 0.0945 e. The van der Waals surface area contributed by atoms with Crippen LogP contribution in [0.25, 0.3) is 20.2 Å². The lowest BCUT2D eigenvalue weighted by Crippen LogP contribution is -1.80. The van der Waals surface area contributed by atoms with Crippen molar-refractivity contribution in [2.24, 2.45) is 0 Å². The minimum Gasteiger partial charge on any atom is -0.339 e. The van der Waals surface area contributed by atoms with Crippen molar-refractivity contribution in [2.45, 2.75) is 0 Å². The molecule has 4 rings (SSSR count). The van der Waals surface area contributed by atoms with Crippen LogP contribution in [0.4, 0.5) is 10.0 Å². The van der Waals surface area contributed by atoms with Crippen LogP contribution >= 0.6 is 22.7 Å². The van der Waals surface area contributed by atoms with Crippen LogP contribution < -0.4 is 5.32 Å². The van der Waals surface area contributed by atoms with E-state index in [0.717, 1.165) is 0 Å². The van der Waals surface area contributed by atoms with Gasteiger partial charge in [0.15, 0.2) is 0 Å². The van der Waals surface area contributed by atoms with Crippen molar-refractivity contribution >= 4 is 52.8 Å². The Morgan fingerprint density at radius 3 is 1.58 bits per heavy atom. The summed E-state index contributed by atoms with van der Waals surface area (Å²) in [6, 6.07) is 21.4. The van der Waals surface area contributed by atoms with E-state index in [1.165, 1.54) is 30.2 Å². The Morgan fingerprint density at radius 1 is 0.632 bits per heavy atom. The third-order valence-electron chi connectivity index (χ3n) is 3.10. The molecular formula is C16H11NS2. The summed E-state index contributed by atoms with van der Waals surface area (Å²) in [6.45, 7) is 0. The summed E-state index contributed by atoms with van der Waals surface area (Å²) >= 11 is 3.60. The van der Waals surface area contributed by atoms with Gasteiger partial charge in [-0.25, -0.2) is 0 Å². The van der Waals surface area contributed by atoms with Crippen molar-refractivity contribution in [2.75, 3.05) is 5.32 Å². The molecule has 0 spiro atoms. The van der Waals surface area contributed by atoms with Gasteiger partial charge in [0.05, 0.1) is 10.0 Å². The molecular weight excluding hydrogens is 270 g/mol. The first-order valence-corrected chi connectivity index (χ1v) is 7.76. The summed E-state index contributed by atoms with van der Waals surface area (Å²) in [5.41, 5.74) is 0. The van der Waals surface area contributed by atoms with Crippen molar-refractivity contribution in [3.63, 3.8) is 0 Å². The zero-order chi connectivity index (χ0) is 12.7. The van der Waals surface area contributed by atoms with Crippen LogP contribution in [0.3, 0.4) is 0 Å². The van der Waals surface area contributed by atoms with Crippen LogP contribution in [-0.4, -0.2) is 0 Å². The van der Waals surface area contributed by atoms with Crippen molar-refractivity contribution in [3.8, 4) is 0 Å². The van der Waals surface area contributed by atoms with Crippen LogP contribution in [0, 0.1) is 0 Å². The summed E-state index contributed by atoms with van der Waals surface area (Å²) in [5.74, 6) is 0. The Labute approximate surface area is 119 Å². The largest absolute Gasteiger partial charge is 0.339 e. The molecule has 4 aromatic rings. The minimum atomic E-state index is 1.20. The predicted molar refractivity (Wildman–Crippen MR) is 86.9 cm³/mol. The van der Waals surface area contributed by atoms with E-state index in [1.807, 2.05) is 0 Å². The molecule has 1 nitrogen and oxygen atoms in total. The number of nitrogens with one attached hydrogen (secondary N) is 1. The Hall–Kier alpha value is -1.84. The zero-order valence-electron chi connectivity index (χ0n) is 10.1. The third kappa shape index (κ3) is 2.01. The second-order valence-electron chi connectivity index (χ2n) is 4.42. The van der Waals surface area contributed by atoms with Gasteiger partial charge in [-0.2, -0.15) is 0 Å². The Bertz CT molecular complexity index is 719. The maximum atomic E-state index is 3.52. The van der Waals surface area contributed by atoms with Gasteiger partial charge in [-0.1, -0.05) is 36.4 Å². The second-order valence-corrected chi connectivity index (χ2v) is 6.59. The average molecular weight is 281 g/mol. The molecule has 19 heavy (non-hydrogen) atoms. The third-order valence-corrected chi connectivity index (χ3v) is 5.16. The second kappa shape index (κ2) is 4.37. The fourth-order valence-corrected chi connectivity index (χ4v) is 4.22. The summed E-state index contributed by atoms with van der Waals surface area (Å²) in [4.78, 5) is 0. The SMILES string of the molecule is c1ccc2sc(Nc3cc4ccccc4s3)cc2c1. The quantitative estimate of drug-likeness (QED) is 0.485. The summed E-state index contributed by atoms with van der Waals surface area (Å²) < 4.78 is 2.65. The van der Waals surface area contributed by atoms with Crippen molar-refractivity contribution in [1.29, 1.82) is 0 Å². The maximum Gasteiger partial charge on any atom is 0.0945 e. The van der Waals surface area contributed by atoms with Gasteiger partial charge in [0, 0.05) is 9.40 Å². The molecule has 0 aliphatic heterocycles.